The third-order valence-corrected chi connectivity index (χ3v) is 5.60. The van der Waals surface area contributed by atoms with Crippen LogP contribution in [0.15, 0.2) is 34.7 Å². The maximum atomic E-state index is 13.2. The van der Waals surface area contributed by atoms with Crippen molar-refractivity contribution in [2.75, 3.05) is 20.8 Å². The topological polar surface area (TPSA) is 79.7 Å². The summed E-state index contributed by atoms with van der Waals surface area (Å²) < 4.78 is 17.3. The molecule has 0 saturated heterocycles. The number of unbranched alkanes of at least 4 members (excludes halogenated alkanes) is 1. The number of carbonyl (C=O) groups excluding carboxylic acids is 1. The molecule has 0 spiro atoms. The van der Waals surface area contributed by atoms with Crippen LogP contribution < -0.4 is 15.0 Å². The molecule has 0 amide bonds. The number of esters is 1. The second-order valence-electron chi connectivity index (χ2n) is 6.55. The monoisotopic (exact) mass is 416 g/mol. The largest absolute Gasteiger partial charge is 0.493 e. The predicted molar refractivity (Wildman–Crippen MR) is 113 cm³/mol. The van der Waals surface area contributed by atoms with E-state index in [9.17, 15) is 9.59 Å². The summed E-state index contributed by atoms with van der Waals surface area (Å²) >= 11 is 1.38. The van der Waals surface area contributed by atoms with E-state index in [1.165, 1.54) is 22.2 Å². The van der Waals surface area contributed by atoms with Gasteiger partial charge in [0.25, 0.3) is 5.56 Å². The molecule has 3 rings (SSSR count). The molecule has 0 bridgehead atoms. The number of hydrogen-bond donors (Lipinski definition) is 0. The number of rotatable bonds is 8. The van der Waals surface area contributed by atoms with Crippen LogP contribution >= 0.6 is 11.3 Å². The maximum absolute atomic E-state index is 13.2. The molecule has 1 aromatic carbocycles. The molecule has 7 nitrogen and oxygen atoms in total. The highest BCUT2D eigenvalue weighted by Crippen LogP contribution is 2.36. The first kappa shape index (κ1) is 20.9. The lowest BCUT2D eigenvalue weighted by Crippen LogP contribution is -2.29. The molecule has 0 aliphatic heterocycles. The summed E-state index contributed by atoms with van der Waals surface area (Å²) in [7, 11) is 3.13. The Bertz CT molecular complexity index is 1070. The summed E-state index contributed by atoms with van der Waals surface area (Å²) in [6.45, 7) is 4.01. The minimum absolute atomic E-state index is 0.277. The molecule has 0 N–H and O–H groups in total. The smallest absolute Gasteiger partial charge is 0.328 e. The highest BCUT2D eigenvalue weighted by atomic mass is 32.1. The van der Waals surface area contributed by atoms with Crippen molar-refractivity contribution in [3.63, 3.8) is 0 Å². The van der Waals surface area contributed by atoms with E-state index in [1.54, 1.807) is 27.2 Å². The molecule has 2 aromatic heterocycles. The van der Waals surface area contributed by atoms with E-state index in [2.05, 4.69) is 4.98 Å². The van der Waals surface area contributed by atoms with E-state index < -0.39 is 12.0 Å². The van der Waals surface area contributed by atoms with Crippen LogP contribution in [0.4, 0.5) is 0 Å². The average molecular weight is 416 g/mol. The van der Waals surface area contributed by atoms with E-state index in [-0.39, 0.29) is 5.56 Å². The van der Waals surface area contributed by atoms with Crippen molar-refractivity contribution in [1.29, 1.82) is 0 Å². The minimum atomic E-state index is -0.755. The number of carbonyl (C=O) groups is 1. The van der Waals surface area contributed by atoms with Gasteiger partial charge >= 0.3 is 5.97 Å². The molecular formula is C21H24N2O5S. The summed E-state index contributed by atoms with van der Waals surface area (Å²) in [5.41, 5.74) is 1.27. The van der Waals surface area contributed by atoms with Gasteiger partial charge in [-0.15, -0.1) is 11.3 Å². The zero-order valence-corrected chi connectivity index (χ0v) is 17.7. The van der Waals surface area contributed by atoms with Crippen molar-refractivity contribution in [2.45, 2.75) is 32.7 Å². The number of benzene rings is 1. The average Bonchev–Trinajstić information content (AvgIpc) is 3.18. The van der Waals surface area contributed by atoms with Crippen molar-refractivity contribution in [2.24, 2.45) is 0 Å². The van der Waals surface area contributed by atoms with Crippen LogP contribution in [0, 0.1) is 0 Å². The summed E-state index contributed by atoms with van der Waals surface area (Å²) in [4.78, 5) is 30.5. The van der Waals surface area contributed by atoms with Crippen LogP contribution in [-0.4, -0.2) is 36.3 Å². The number of ether oxygens (including phenoxy) is 3. The second kappa shape index (κ2) is 9.09. The Kier molecular flexibility index (Phi) is 6.53. The van der Waals surface area contributed by atoms with Crippen LogP contribution in [0.1, 0.15) is 32.7 Å². The van der Waals surface area contributed by atoms with Gasteiger partial charge in [0, 0.05) is 10.9 Å². The highest BCUT2D eigenvalue weighted by Gasteiger charge is 2.21. The Hall–Kier alpha value is -2.87. The molecule has 0 radical (unpaired) electrons. The number of nitrogens with zero attached hydrogens (tertiary/aromatic N) is 2. The van der Waals surface area contributed by atoms with Gasteiger partial charge in [0.15, 0.2) is 11.5 Å². The second-order valence-corrected chi connectivity index (χ2v) is 7.41. The molecule has 3 aromatic rings. The van der Waals surface area contributed by atoms with E-state index >= 15 is 0 Å². The predicted octanol–water partition coefficient (Wildman–Crippen LogP) is 4.05. The SMILES string of the molecule is CCCCOC(=O)[C@@H](C)n1cnc2scc(-c3ccc(OC)c(OC)c3)c2c1=O. The Morgan fingerprint density at radius 1 is 1.24 bits per heavy atom. The van der Waals surface area contributed by atoms with Crippen molar-refractivity contribution >= 4 is 27.5 Å². The zero-order valence-electron chi connectivity index (χ0n) is 16.9. The first-order valence-corrected chi connectivity index (χ1v) is 10.3. The number of hydrogen-bond acceptors (Lipinski definition) is 7. The van der Waals surface area contributed by atoms with Crippen LogP contribution in [0.5, 0.6) is 11.5 Å². The number of thiophene rings is 1. The van der Waals surface area contributed by atoms with Crippen molar-refractivity contribution < 1.29 is 19.0 Å². The van der Waals surface area contributed by atoms with Crippen LogP contribution in [0.2, 0.25) is 0 Å². The molecule has 0 aliphatic rings. The molecule has 0 fully saturated rings. The van der Waals surface area contributed by atoms with Crippen LogP contribution in [-0.2, 0) is 9.53 Å². The van der Waals surface area contributed by atoms with Gasteiger partial charge in [-0.25, -0.2) is 9.78 Å². The summed E-state index contributed by atoms with van der Waals surface area (Å²) in [5.74, 6) is 0.737. The summed E-state index contributed by atoms with van der Waals surface area (Å²) in [6, 6.07) is 4.72. The van der Waals surface area contributed by atoms with E-state index in [0.717, 1.165) is 24.0 Å². The van der Waals surface area contributed by atoms with Crippen LogP contribution in [0.25, 0.3) is 21.3 Å². The fourth-order valence-corrected chi connectivity index (χ4v) is 3.90. The lowest BCUT2D eigenvalue weighted by molar-refractivity contribution is -0.147. The van der Waals surface area contributed by atoms with Gasteiger partial charge < -0.3 is 14.2 Å². The standard InChI is InChI=1S/C21H24N2O5S/c1-5-6-9-28-21(25)13(2)23-12-22-19-18(20(23)24)15(11-29-19)14-7-8-16(26-3)17(10-14)27-4/h7-8,10-13H,5-6,9H2,1-4H3/t13-/m1/s1. The fraction of sp³-hybridized carbons (Fsp3) is 0.381. The Balaban J connectivity index is 2.03. The van der Waals surface area contributed by atoms with Crippen molar-refractivity contribution in [3.8, 4) is 22.6 Å². The number of fused-ring (bicyclic) bond motifs is 1. The molecule has 8 heteroatoms. The van der Waals surface area contributed by atoms with Crippen molar-refractivity contribution in [3.05, 3.63) is 40.3 Å². The van der Waals surface area contributed by atoms with Gasteiger partial charge in [0.1, 0.15) is 10.9 Å². The molecular weight excluding hydrogens is 392 g/mol. The molecule has 154 valence electrons. The van der Waals surface area contributed by atoms with Gasteiger partial charge in [-0.05, 0) is 31.0 Å². The number of methoxy groups -OCH3 is 2. The minimum Gasteiger partial charge on any atom is -0.493 e. The molecule has 0 saturated carbocycles. The summed E-state index contributed by atoms with van der Waals surface area (Å²) in [5, 5.41) is 2.35. The van der Waals surface area contributed by atoms with E-state index in [1.807, 2.05) is 24.4 Å². The van der Waals surface area contributed by atoms with E-state index in [0.29, 0.717) is 28.3 Å². The normalized spacial score (nSPS) is 12.0. The molecule has 0 unspecified atom stereocenters. The maximum Gasteiger partial charge on any atom is 0.328 e. The summed E-state index contributed by atoms with van der Waals surface area (Å²) in [6.07, 6.45) is 3.13. The zero-order chi connectivity index (χ0) is 21.0. The lowest BCUT2D eigenvalue weighted by Gasteiger charge is -2.14. The van der Waals surface area contributed by atoms with Gasteiger partial charge in [-0.1, -0.05) is 19.4 Å². The number of aromatic nitrogens is 2. The Labute approximate surface area is 172 Å². The lowest BCUT2D eigenvalue weighted by atomic mass is 10.1. The van der Waals surface area contributed by atoms with Gasteiger partial charge in [0.05, 0.1) is 32.5 Å². The quantitative estimate of drug-likeness (QED) is 0.407. The Morgan fingerprint density at radius 2 is 2.00 bits per heavy atom. The van der Waals surface area contributed by atoms with E-state index in [4.69, 9.17) is 14.2 Å². The van der Waals surface area contributed by atoms with Crippen LogP contribution in [0.3, 0.4) is 0 Å². The Morgan fingerprint density at radius 3 is 2.69 bits per heavy atom. The third kappa shape index (κ3) is 4.12. The van der Waals surface area contributed by atoms with Gasteiger partial charge in [0.2, 0.25) is 0 Å². The fourth-order valence-electron chi connectivity index (χ4n) is 2.99. The van der Waals surface area contributed by atoms with Gasteiger partial charge in [-0.2, -0.15) is 0 Å². The molecule has 29 heavy (non-hydrogen) atoms. The molecule has 1 atom stereocenters. The molecule has 2 heterocycles. The van der Waals surface area contributed by atoms with Crippen molar-refractivity contribution in [1.82, 2.24) is 9.55 Å². The first-order chi connectivity index (χ1) is 14.0. The third-order valence-electron chi connectivity index (χ3n) is 4.71. The van der Waals surface area contributed by atoms with Gasteiger partial charge in [-0.3, -0.25) is 9.36 Å². The first-order valence-electron chi connectivity index (χ1n) is 9.39. The molecule has 0 aliphatic carbocycles. The highest BCUT2D eigenvalue weighted by molar-refractivity contribution is 7.17.